The molecule has 98 valence electrons. The van der Waals surface area contributed by atoms with Crippen molar-refractivity contribution >= 4 is 12.0 Å². The standard InChI is InChI=1S/C11H20N2O4/c1-8(10(15)16)12-11(17)13(6-7-14)5-4-9-2-3-9/h8-9,14H,2-7H2,1H3,(H,12,17)(H,15,16)/t8-/m0/s1. The van der Waals surface area contributed by atoms with Gasteiger partial charge >= 0.3 is 12.0 Å². The van der Waals surface area contributed by atoms with Crippen molar-refractivity contribution < 1.29 is 19.8 Å². The van der Waals surface area contributed by atoms with Gasteiger partial charge in [-0.3, -0.25) is 4.79 Å². The summed E-state index contributed by atoms with van der Waals surface area (Å²) in [6.07, 6.45) is 3.34. The molecule has 1 aliphatic carbocycles. The molecule has 1 aliphatic rings. The summed E-state index contributed by atoms with van der Waals surface area (Å²) in [5, 5.41) is 19.9. The van der Waals surface area contributed by atoms with Crippen molar-refractivity contribution in [1.29, 1.82) is 0 Å². The summed E-state index contributed by atoms with van der Waals surface area (Å²) >= 11 is 0. The number of aliphatic hydroxyl groups is 1. The van der Waals surface area contributed by atoms with Crippen LogP contribution < -0.4 is 5.32 Å². The second kappa shape index (κ2) is 6.44. The number of hydrogen-bond donors (Lipinski definition) is 3. The van der Waals surface area contributed by atoms with Crippen molar-refractivity contribution in [2.24, 2.45) is 5.92 Å². The Morgan fingerprint density at radius 2 is 2.06 bits per heavy atom. The van der Waals surface area contributed by atoms with Crippen molar-refractivity contribution in [3.63, 3.8) is 0 Å². The number of aliphatic hydroxyl groups excluding tert-OH is 1. The maximum absolute atomic E-state index is 11.7. The van der Waals surface area contributed by atoms with Gasteiger partial charge in [0.25, 0.3) is 0 Å². The second-order valence-corrected chi connectivity index (χ2v) is 4.45. The van der Waals surface area contributed by atoms with E-state index in [9.17, 15) is 9.59 Å². The number of aliphatic carboxylic acids is 1. The quantitative estimate of drug-likeness (QED) is 0.599. The van der Waals surface area contributed by atoms with E-state index >= 15 is 0 Å². The number of carbonyl (C=O) groups excluding carboxylic acids is 1. The minimum absolute atomic E-state index is 0.112. The highest BCUT2D eigenvalue weighted by atomic mass is 16.4. The number of nitrogens with one attached hydrogen (secondary N) is 1. The molecule has 0 aromatic rings. The molecule has 0 aliphatic heterocycles. The van der Waals surface area contributed by atoms with Crippen molar-refractivity contribution in [2.45, 2.75) is 32.2 Å². The molecule has 1 rings (SSSR count). The Bertz CT molecular complexity index is 279. The van der Waals surface area contributed by atoms with Crippen molar-refractivity contribution in [3.8, 4) is 0 Å². The summed E-state index contributed by atoms with van der Waals surface area (Å²) in [6.45, 7) is 2.12. The van der Waals surface area contributed by atoms with Gasteiger partial charge in [-0.25, -0.2) is 4.79 Å². The van der Waals surface area contributed by atoms with Crippen LogP contribution in [0.3, 0.4) is 0 Å². The van der Waals surface area contributed by atoms with Gasteiger partial charge in [0.2, 0.25) is 0 Å². The Hall–Kier alpha value is -1.30. The van der Waals surface area contributed by atoms with Gasteiger partial charge < -0.3 is 20.4 Å². The molecule has 2 amide bonds. The van der Waals surface area contributed by atoms with Crippen molar-refractivity contribution in [2.75, 3.05) is 19.7 Å². The van der Waals surface area contributed by atoms with E-state index in [1.165, 1.54) is 24.7 Å². The number of carboxylic acid groups (broad SMARTS) is 1. The number of hydrogen-bond acceptors (Lipinski definition) is 3. The van der Waals surface area contributed by atoms with E-state index in [2.05, 4.69) is 5.32 Å². The van der Waals surface area contributed by atoms with Crippen LogP contribution in [-0.4, -0.2) is 52.9 Å². The molecule has 0 saturated heterocycles. The van der Waals surface area contributed by atoms with Gasteiger partial charge in [0.1, 0.15) is 6.04 Å². The Balaban J connectivity index is 2.37. The number of nitrogens with zero attached hydrogens (tertiary/aromatic N) is 1. The average Bonchev–Trinajstić information content (AvgIpc) is 3.07. The molecule has 6 heteroatoms. The topological polar surface area (TPSA) is 89.9 Å². The van der Waals surface area contributed by atoms with Gasteiger partial charge in [-0.15, -0.1) is 0 Å². The third-order valence-electron chi connectivity index (χ3n) is 2.87. The smallest absolute Gasteiger partial charge is 0.325 e. The van der Waals surface area contributed by atoms with E-state index in [0.717, 1.165) is 6.42 Å². The van der Waals surface area contributed by atoms with Crippen LogP contribution in [-0.2, 0) is 4.79 Å². The highest BCUT2D eigenvalue weighted by Crippen LogP contribution is 2.32. The maximum atomic E-state index is 11.7. The lowest BCUT2D eigenvalue weighted by Crippen LogP contribution is -2.47. The van der Waals surface area contributed by atoms with Gasteiger partial charge in [-0.05, 0) is 19.3 Å². The number of carbonyl (C=O) groups is 2. The van der Waals surface area contributed by atoms with Gasteiger partial charge in [0.15, 0.2) is 0 Å². The average molecular weight is 244 g/mol. The zero-order valence-electron chi connectivity index (χ0n) is 10.1. The molecule has 1 fully saturated rings. The number of rotatable bonds is 7. The zero-order valence-corrected chi connectivity index (χ0v) is 10.1. The van der Waals surface area contributed by atoms with E-state index in [1.54, 1.807) is 0 Å². The molecule has 0 spiro atoms. The molecule has 1 saturated carbocycles. The fourth-order valence-corrected chi connectivity index (χ4v) is 1.52. The fourth-order valence-electron chi connectivity index (χ4n) is 1.52. The summed E-state index contributed by atoms with van der Waals surface area (Å²) in [5.74, 6) is -0.370. The summed E-state index contributed by atoms with van der Waals surface area (Å²) in [4.78, 5) is 23.8. The summed E-state index contributed by atoms with van der Waals surface area (Å²) < 4.78 is 0. The summed E-state index contributed by atoms with van der Waals surface area (Å²) in [6, 6.07) is -1.33. The second-order valence-electron chi connectivity index (χ2n) is 4.45. The molecule has 0 aromatic heterocycles. The molecule has 0 aromatic carbocycles. The Morgan fingerprint density at radius 1 is 1.41 bits per heavy atom. The van der Waals surface area contributed by atoms with E-state index in [1.807, 2.05) is 0 Å². The Kier molecular flexibility index (Phi) is 5.21. The Morgan fingerprint density at radius 3 is 2.53 bits per heavy atom. The molecular weight excluding hydrogens is 224 g/mol. The predicted molar refractivity (Wildman–Crippen MR) is 61.6 cm³/mol. The van der Waals surface area contributed by atoms with Crippen LogP contribution in [0.4, 0.5) is 4.79 Å². The third kappa shape index (κ3) is 5.04. The first-order valence-corrected chi connectivity index (χ1v) is 5.93. The van der Waals surface area contributed by atoms with E-state index < -0.39 is 18.0 Å². The Labute approximate surface area is 101 Å². The van der Waals surface area contributed by atoms with Crippen LogP contribution >= 0.6 is 0 Å². The third-order valence-corrected chi connectivity index (χ3v) is 2.87. The molecule has 0 bridgehead atoms. The first-order chi connectivity index (χ1) is 8.04. The molecule has 6 nitrogen and oxygen atoms in total. The molecular formula is C11H20N2O4. The summed E-state index contributed by atoms with van der Waals surface area (Å²) in [5.41, 5.74) is 0. The highest BCUT2D eigenvalue weighted by Gasteiger charge is 2.24. The number of urea groups is 1. The van der Waals surface area contributed by atoms with Gasteiger partial charge in [-0.2, -0.15) is 0 Å². The van der Waals surface area contributed by atoms with Gasteiger partial charge in [0.05, 0.1) is 6.61 Å². The van der Waals surface area contributed by atoms with Crippen LogP contribution in [0.5, 0.6) is 0 Å². The van der Waals surface area contributed by atoms with Crippen LogP contribution in [0.2, 0.25) is 0 Å². The molecule has 1 atom stereocenters. The van der Waals surface area contributed by atoms with Crippen LogP contribution in [0.15, 0.2) is 0 Å². The fraction of sp³-hybridized carbons (Fsp3) is 0.818. The van der Waals surface area contributed by atoms with Crippen LogP contribution in [0.25, 0.3) is 0 Å². The first-order valence-electron chi connectivity index (χ1n) is 5.93. The summed E-state index contributed by atoms with van der Waals surface area (Å²) in [7, 11) is 0. The van der Waals surface area contributed by atoms with Crippen molar-refractivity contribution in [1.82, 2.24) is 10.2 Å². The molecule has 3 N–H and O–H groups in total. The van der Waals surface area contributed by atoms with E-state index in [-0.39, 0.29) is 13.2 Å². The van der Waals surface area contributed by atoms with E-state index in [0.29, 0.717) is 12.5 Å². The lowest BCUT2D eigenvalue weighted by Gasteiger charge is -2.23. The SMILES string of the molecule is C[C@H](NC(=O)N(CCO)CCC1CC1)C(=O)O. The van der Waals surface area contributed by atoms with Gasteiger partial charge in [-0.1, -0.05) is 12.8 Å². The zero-order chi connectivity index (χ0) is 12.8. The van der Waals surface area contributed by atoms with Crippen LogP contribution in [0.1, 0.15) is 26.2 Å². The maximum Gasteiger partial charge on any atom is 0.325 e. The minimum atomic E-state index is -1.07. The largest absolute Gasteiger partial charge is 0.480 e. The monoisotopic (exact) mass is 244 g/mol. The minimum Gasteiger partial charge on any atom is -0.480 e. The number of amides is 2. The number of carboxylic acids is 1. The molecule has 0 heterocycles. The van der Waals surface area contributed by atoms with Crippen molar-refractivity contribution in [3.05, 3.63) is 0 Å². The van der Waals surface area contributed by atoms with Crippen LogP contribution in [0, 0.1) is 5.92 Å². The molecule has 0 radical (unpaired) electrons. The molecule has 0 unspecified atom stereocenters. The highest BCUT2D eigenvalue weighted by molar-refractivity contribution is 5.82. The van der Waals surface area contributed by atoms with Gasteiger partial charge in [0, 0.05) is 13.1 Å². The first kappa shape index (κ1) is 13.8. The van der Waals surface area contributed by atoms with E-state index in [4.69, 9.17) is 10.2 Å². The predicted octanol–water partition coefficient (Wildman–Crippen LogP) is 0.263. The lowest BCUT2D eigenvalue weighted by atomic mass is 10.3. The normalized spacial score (nSPS) is 16.4. The molecule has 17 heavy (non-hydrogen) atoms. The lowest BCUT2D eigenvalue weighted by molar-refractivity contribution is -0.138.